The van der Waals surface area contributed by atoms with Crippen molar-refractivity contribution in [2.45, 2.75) is 6.61 Å². The normalized spacial score (nSPS) is 10.7. The third-order valence-corrected chi connectivity index (χ3v) is 4.30. The molecule has 0 aliphatic rings. The Hall–Kier alpha value is -3.90. The number of carbonyl (C=O) groups is 2. The third-order valence-electron chi connectivity index (χ3n) is 4.30. The van der Waals surface area contributed by atoms with E-state index in [1.165, 1.54) is 13.2 Å². The highest BCUT2D eigenvalue weighted by Crippen LogP contribution is 2.23. The van der Waals surface area contributed by atoms with Gasteiger partial charge in [-0.1, -0.05) is 66.7 Å². The highest BCUT2D eigenvalue weighted by Gasteiger charge is 2.17. The van der Waals surface area contributed by atoms with Crippen LogP contribution in [0.5, 0.6) is 5.75 Å². The molecule has 3 rings (SSSR count). The van der Waals surface area contributed by atoms with Gasteiger partial charge in [0.15, 0.2) is 5.78 Å². The number of hydrogen-bond donors (Lipinski definition) is 1. The van der Waals surface area contributed by atoms with Crippen molar-refractivity contribution >= 4 is 23.6 Å². The number of para-hydroxylation sites is 1. The van der Waals surface area contributed by atoms with Crippen molar-refractivity contribution in [3.63, 3.8) is 0 Å². The molecule has 152 valence electrons. The van der Waals surface area contributed by atoms with Crippen molar-refractivity contribution in [1.82, 2.24) is 0 Å². The summed E-state index contributed by atoms with van der Waals surface area (Å²) in [6.45, 7) is 0.152. The van der Waals surface area contributed by atoms with Crippen LogP contribution in [0.4, 0.5) is 10.5 Å². The molecule has 0 saturated heterocycles. The molecule has 0 spiro atoms. The topological polar surface area (TPSA) is 76.1 Å². The highest BCUT2D eigenvalue weighted by atomic mass is 16.7. The van der Waals surface area contributed by atoms with E-state index in [4.69, 9.17) is 9.57 Å². The first-order valence-electron chi connectivity index (χ1n) is 9.24. The number of allylic oxidation sites excluding steroid dienone is 1. The van der Waals surface area contributed by atoms with Gasteiger partial charge in [-0.3, -0.25) is 9.63 Å². The summed E-state index contributed by atoms with van der Waals surface area (Å²) in [6.07, 6.45) is 2.03. The lowest BCUT2D eigenvalue weighted by atomic mass is 10.1. The molecule has 6 heteroatoms. The van der Waals surface area contributed by atoms with Crippen LogP contribution in [0.25, 0.3) is 6.08 Å². The zero-order chi connectivity index (χ0) is 21.3. The van der Waals surface area contributed by atoms with E-state index in [2.05, 4.69) is 0 Å². The molecule has 3 aromatic rings. The van der Waals surface area contributed by atoms with Crippen molar-refractivity contribution in [2.24, 2.45) is 0 Å². The summed E-state index contributed by atoms with van der Waals surface area (Å²) in [7, 11) is 1.29. The van der Waals surface area contributed by atoms with Crippen molar-refractivity contribution in [3.05, 3.63) is 102 Å². The second-order valence-electron chi connectivity index (χ2n) is 6.31. The van der Waals surface area contributed by atoms with Crippen LogP contribution in [-0.2, 0) is 11.4 Å². The first-order valence-corrected chi connectivity index (χ1v) is 9.24. The quantitative estimate of drug-likeness (QED) is 0.318. The lowest BCUT2D eigenvalue weighted by Crippen LogP contribution is -2.28. The van der Waals surface area contributed by atoms with Crippen LogP contribution in [-0.4, -0.2) is 24.1 Å². The zero-order valence-electron chi connectivity index (χ0n) is 16.4. The lowest BCUT2D eigenvalue weighted by Gasteiger charge is -2.19. The maximum Gasteiger partial charge on any atom is 0.436 e. The third kappa shape index (κ3) is 5.33. The van der Waals surface area contributed by atoms with E-state index in [1.54, 1.807) is 48.5 Å². The molecule has 0 heterocycles. The van der Waals surface area contributed by atoms with Gasteiger partial charge in [-0.15, -0.1) is 0 Å². The minimum atomic E-state index is -1.22. The summed E-state index contributed by atoms with van der Waals surface area (Å²) in [4.78, 5) is 28.5. The molecule has 0 aliphatic carbocycles. The van der Waals surface area contributed by atoms with Crippen LogP contribution in [0.15, 0.2) is 84.9 Å². The van der Waals surface area contributed by atoms with E-state index in [0.717, 1.165) is 10.6 Å². The van der Waals surface area contributed by atoms with E-state index in [0.29, 0.717) is 22.6 Å². The predicted molar refractivity (Wildman–Crippen MR) is 115 cm³/mol. The van der Waals surface area contributed by atoms with E-state index in [1.807, 2.05) is 36.4 Å². The molecule has 3 aromatic carbocycles. The van der Waals surface area contributed by atoms with Gasteiger partial charge in [0.2, 0.25) is 0 Å². The Morgan fingerprint density at radius 3 is 2.43 bits per heavy atom. The fraction of sp³-hybridized carbons (Fsp3) is 0.0833. The van der Waals surface area contributed by atoms with Gasteiger partial charge < -0.3 is 9.84 Å². The summed E-state index contributed by atoms with van der Waals surface area (Å²) in [5.41, 5.74) is 2.48. The average molecular weight is 403 g/mol. The molecule has 0 saturated carbocycles. The van der Waals surface area contributed by atoms with Crippen LogP contribution in [0.3, 0.4) is 0 Å². The van der Waals surface area contributed by atoms with Crippen molar-refractivity contribution in [3.8, 4) is 5.75 Å². The monoisotopic (exact) mass is 403 g/mol. The number of carboxylic acid groups (broad SMARTS) is 1. The summed E-state index contributed by atoms with van der Waals surface area (Å²) in [5.74, 6) is 0.516. The predicted octanol–water partition coefficient (Wildman–Crippen LogP) is 5.21. The molecule has 30 heavy (non-hydrogen) atoms. The number of carbonyl (C=O) groups excluding carboxylic acids is 1. The maximum atomic E-state index is 12.2. The number of benzene rings is 3. The number of ether oxygens (including phenoxy) is 1. The molecule has 0 aliphatic heterocycles. The molecule has 0 radical (unpaired) electrons. The molecule has 0 atom stereocenters. The van der Waals surface area contributed by atoms with Gasteiger partial charge in [-0.25, -0.2) is 4.79 Å². The van der Waals surface area contributed by atoms with E-state index >= 15 is 0 Å². The molecule has 1 N–H and O–H groups in total. The summed E-state index contributed by atoms with van der Waals surface area (Å²) in [6, 6.07) is 23.3. The number of amides is 1. The molecule has 6 nitrogen and oxygen atoms in total. The SMILES string of the molecule is CON(C(=O)O)c1ccccc1COc1cccc(C=CC(=O)c2ccccc2)c1. The van der Waals surface area contributed by atoms with Crippen LogP contribution in [0.1, 0.15) is 21.5 Å². The second kappa shape index (κ2) is 10.0. The van der Waals surface area contributed by atoms with Crippen molar-refractivity contribution in [1.29, 1.82) is 0 Å². The number of nitrogens with zero attached hydrogens (tertiary/aromatic N) is 1. The summed E-state index contributed by atoms with van der Waals surface area (Å²) >= 11 is 0. The van der Waals surface area contributed by atoms with Crippen LogP contribution >= 0.6 is 0 Å². The molecule has 0 bridgehead atoms. The van der Waals surface area contributed by atoms with Crippen LogP contribution in [0.2, 0.25) is 0 Å². The molecule has 0 unspecified atom stereocenters. The lowest BCUT2D eigenvalue weighted by molar-refractivity contribution is 0.104. The number of hydrogen-bond acceptors (Lipinski definition) is 4. The standard InChI is InChI=1S/C24H21NO5/c1-29-25(24(27)28)22-13-6-5-11-20(22)17-30-21-12-7-8-18(16-21)14-15-23(26)19-9-3-2-4-10-19/h2-16H,17H2,1H3,(H,27,28). The second-order valence-corrected chi connectivity index (χ2v) is 6.31. The van der Waals surface area contributed by atoms with E-state index in [-0.39, 0.29) is 12.4 Å². The fourth-order valence-corrected chi connectivity index (χ4v) is 2.85. The maximum absolute atomic E-state index is 12.2. The Morgan fingerprint density at radius 1 is 0.967 bits per heavy atom. The van der Waals surface area contributed by atoms with Gasteiger partial charge in [0.25, 0.3) is 0 Å². The first-order chi connectivity index (χ1) is 14.6. The Balaban J connectivity index is 1.70. The van der Waals surface area contributed by atoms with Gasteiger partial charge in [0, 0.05) is 11.1 Å². The molecule has 0 aromatic heterocycles. The van der Waals surface area contributed by atoms with Gasteiger partial charge in [0.05, 0.1) is 12.8 Å². The van der Waals surface area contributed by atoms with E-state index < -0.39 is 6.09 Å². The van der Waals surface area contributed by atoms with Gasteiger partial charge in [0.1, 0.15) is 12.4 Å². The van der Waals surface area contributed by atoms with Gasteiger partial charge in [-0.2, -0.15) is 5.06 Å². The van der Waals surface area contributed by atoms with Crippen LogP contribution < -0.4 is 9.80 Å². The Bertz CT molecular complexity index is 1050. The minimum absolute atomic E-state index is 0.0795. The van der Waals surface area contributed by atoms with Crippen LogP contribution in [0, 0.1) is 0 Å². The molecule has 1 amide bonds. The first kappa shape index (κ1) is 20.8. The summed E-state index contributed by atoms with van der Waals surface area (Å²) < 4.78 is 5.85. The number of anilines is 1. The smallest absolute Gasteiger partial charge is 0.436 e. The Morgan fingerprint density at radius 2 is 1.70 bits per heavy atom. The largest absolute Gasteiger partial charge is 0.489 e. The average Bonchev–Trinajstić information content (AvgIpc) is 2.78. The Labute approximate surface area is 174 Å². The Kier molecular flexibility index (Phi) is 6.97. The molecule has 0 fully saturated rings. The van der Waals surface area contributed by atoms with Crippen molar-refractivity contribution < 1.29 is 24.3 Å². The minimum Gasteiger partial charge on any atom is -0.489 e. The summed E-state index contributed by atoms with van der Waals surface area (Å²) in [5, 5.41) is 10.1. The molecular formula is C24H21NO5. The zero-order valence-corrected chi connectivity index (χ0v) is 16.4. The van der Waals surface area contributed by atoms with Gasteiger partial charge in [-0.05, 0) is 29.8 Å². The highest BCUT2D eigenvalue weighted by molar-refractivity contribution is 6.06. The van der Waals surface area contributed by atoms with Gasteiger partial charge >= 0.3 is 6.09 Å². The number of hydroxylamine groups is 1. The number of rotatable bonds is 8. The molecular weight excluding hydrogens is 382 g/mol. The fourth-order valence-electron chi connectivity index (χ4n) is 2.85. The van der Waals surface area contributed by atoms with E-state index in [9.17, 15) is 14.7 Å². The van der Waals surface area contributed by atoms with Crippen molar-refractivity contribution in [2.75, 3.05) is 12.2 Å². The number of ketones is 1.